The number of carbonyl (C=O) groups excluding carboxylic acids is 1. The van der Waals surface area contributed by atoms with Gasteiger partial charge in [-0.05, 0) is 42.8 Å². The minimum absolute atomic E-state index is 0.136. The molecule has 0 spiro atoms. The van der Waals surface area contributed by atoms with E-state index in [1.807, 2.05) is 0 Å². The molecule has 0 aliphatic heterocycles. The van der Waals surface area contributed by atoms with Crippen molar-refractivity contribution >= 4 is 21.6 Å². The summed E-state index contributed by atoms with van der Waals surface area (Å²) in [6, 6.07) is 9.15. The van der Waals surface area contributed by atoms with Crippen molar-refractivity contribution in [3.63, 3.8) is 0 Å². The Labute approximate surface area is 129 Å². The van der Waals surface area contributed by atoms with Crippen LogP contribution in [0.5, 0.6) is 0 Å². The third kappa shape index (κ3) is 4.12. The Balaban J connectivity index is 2.15. The van der Waals surface area contributed by atoms with Gasteiger partial charge in [-0.2, -0.15) is 0 Å². The molecule has 0 bridgehead atoms. The van der Waals surface area contributed by atoms with Gasteiger partial charge in [0.05, 0.1) is 4.90 Å². The molecule has 2 rings (SSSR count). The van der Waals surface area contributed by atoms with Crippen LogP contribution in [-0.4, -0.2) is 19.3 Å². The third-order valence-corrected chi connectivity index (χ3v) is 4.56. The Hall–Kier alpha value is -2.25. The summed E-state index contributed by atoms with van der Waals surface area (Å²) in [7, 11) is -3.64. The van der Waals surface area contributed by atoms with Crippen LogP contribution < -0.4 is 10.0 Å². The van der Waals surface area contributed by atoms with Gasteiger partial charge in [-0.1, -0.05) is 6.07 Å². The maximum Gasteiger partial charge on any atom is 0.241 e. The zero-order chi connectivity index (χ0) is 16.2. The second kappa shape index (κ2) is 6.67. The van der Waals surface area contributed by atoms with E-state index in [0.717, 1.165) is 5.56 Å². The highest BCUT2D eigenvalue weighted by Crippen LogP contribution is 2.18. The largest absolute Gasteiger partial charge is 0.326 e. The lowest BCUT2D eigenvalue weighted by atomic mass is 10.2. The molecule has 22 heavy (non-hydrogen) atoms. The lowest BCUT2D eigenvalue weighted by Gasteiger charge is -2.14. The number of hydrogen-bond acceptors (Lipinski definition) is 4. The van der Waals surface area contributed by atoms with Gasteiger partial charge in [-0.3, -0.25) is 9.78 Å². The number of hydrogen-bond donors (Lipinski definition) is 2. The number of aromatic nitrogens is 1. The fourth-order valence-electron chi connectivity index (χ4n) is 1.92. The van der Waals surface area contributed by atoms with E-state index in [1.165, 1.54) is 19.1 Å². The smallest absolute Gasteiger partial charge is 0.241 e. The first-order chi connectivity index (χ1) is 10.4. The van der Waals surface area contributed by atoms with Gasteiger partial charge in [0.25, 0.3) is 0 Å². The van der Waals surface area contributed by atoms with Crippen molar-refractivity contribution in [3.05, 3.63) is 54.4 Å². The van der Waals surface area contributed by atoms with E-state index in [9.17, 15) is 13.2 Å². The predicted octanol–water partition coefficient (Wildman–Crippen LogP) is 2.08. The van der Waals surface area contributed by atoms with Crippen LogP contribution in [-0.2, 0) is 14.8 Å². The average Bonchev–Trinajstić information content (AvgIpc) is 2.47. The Kier molecular flexibility index (Phi) is 4.89. The number of nitrogens with zero attached hydrogens (tertiary/aromatic N) is 1. The van der Waals surface area contributed by atoms with Crippen LogP contribution in [0.1, 0.15) is 25.5 Å². The van der Waals surface area contributed by atoms with E-state index in [-0.39, 0.29) is 10.8 Å². The summed E-state index contributed by atoms with van der Waals surface area (Å²) in [4.78, 5) is 15.1. The molecule has 0 radical (unpaired) electrons. The molecule has 0 saturated carbocycles. The topological polar surface area (TPSA) is 88.2 Å². The SMILES string of the molecule is CC(=O)Nc1ccc(S(=O)(=O)N[C@@H](C)c2cccnc2)cc1. The average molecular weight is 319 g/mol. The number of anilines is 1. The summed E-state index contributed by atoms with van der Waals surface area (Å²) in [6.45, 7) is 3.14. The van der Waals surface area contributed by atoms with Gasteiger partial charge in [-0.25, -0.2) is 13.1 Å². The lowest BCUT2D eigenvalue weighted by Crippen LogP contribution is -2.27. The summed E-state index contributed by atoms with van der Waals surface area (Å²) in [5, 5.41) is 2.59. The van der Waals surface area contributed by atoms with Crippen molar-refractivity contribution in [2.24, 2.45) is 0 Å². The molecule has 2 aromatic rings. The molecule has 6 nitrogen and oxygen atoms in total. The molecule has 116 valence electrons. The molecule has 1 heterocycles. The number of carbonyl (C=O) groups is 1. The highest BCUT2D eigenvalue weighted by Gasteiger charge is 2.18. The second-order valence-electron chi connectivity index (χ2n) is 4.83. The quantitative estimate of drug-likeness (QED) is 0.883. The first kappa shape index (κ1) is 16.1. The third-order valence-electron chi connectivity index (χ3n) is 3.00. The molecule has 1 atom stereocenters. The van der Waals surface area contributed by atoms with Crippen LogP contribution in [0, 0.1) is 0 Å². The van der Waals surface area contributed by atoms with Crippen LogP contribution >= 0.6 is 0 Å². The standard InChI is InChI=1S/C15H17N3O3S/c1-11(13-4-3-9-16-10-13)18-22(20,21)15-7-5-14(6-8-15)17-12(2)19/h3-11,18H,1-2H3,(H,17,19)/t11-/m0/s1. The van der Waals surface area contributed by atoms with Gasteiger partial charge < -0.3 is 5.32 Å². The molecule has 0 saturated heterocycles. The van der Waals surface area contributed by atoms with Crippen LogP contribution in [0.3, 0.4) is 0 Å². The molecule has 2 N–H and O–H groups in total. The van der Waals surface area contributed by atoms with E-state index in [1.54, 1.807) is 43.6 Å². The molecule has 0 aliphatic carbocycles. The lowest BCUT2D eigenvalue weighted by molar-refractivity contribution is -0.114. The molecule has 7 heteroatoms. The molecular weight excluding hydrogens is 302 g/mol. The van der Waals surface area contributed by atoms with E-state index < -0.39 is 16.1 Å². The van der Waals surface area contributed by atoms with E-state index in [4.69, 9.17) is 0 Å². The Morgan fingerprint density at radius 3 is 2.41 bits per heavy atom. The van der Waals surface area contributed by atoms with Crippen molar-refractivity contribution in [1.29, 1.82) is 0 Å². The molecule has 1 aromatic heterocycles. The fraction of sp³-hybridized carbons (Fsp3) is 0.200. The number of pyridine rings is 1. The monoisotopic (exact) mass is 319 g/mol. The number of nitrogens with one attached hydrogen (secondary N) is 2. The molecule has 0 unspecified atom stereocenters. The normalized spacial score (nSPS) is 12.6. The van der Waals surface area contributed by atoms with Crippen molar-refractivity contribution < 1.29 is 13.2 Å². The summed E-state index contributed by atoms with van der Waals surface area (Å²) in [5.74, 6) is -0.209. The summed E-state index contributed by atoms with van der Waals surface area (Å²) >= 11 is 0. The molecular formula is C15H17N3O3S. The van der Waals surface area contributed by atoms with Gasteiger partial charge in [-0.15, -0.1) is 0 Å². The van der Waals surface area contributed by atoms with Gasteiger partial charge in [0.1, 0.15) is 0 Å². The summed E-state index contributed by atoms with van der Waals surface area (Å²) in [6.07, 6.45) is 3.25. The number of rotatable bonds is 5. The highest BCUT2D eigenvalue weighted by molar-refractivity contribution is 7.89. The maximum atomic E-state index is 12.3. The van der Waals surface area contributed by atoms with Crippen molar-refractivity contribution in [1.82, 2.24) is 9.71 Å². The van der Waals surface area contributed by atoms with Gasteiger partial charge in [0, 0.05) is 31.0 Å². The minimum atomic E-state index is -3.64. The summed E-state index contributed by atoms with van der Waals surface area (Å²) < 4.78 is 27.3. The van der Waals surface area contributed by atoms with Crippen molar-refractivity contribution in [3.8, 4) is 0 Å². The van der Waals surface area contributed by atoms with Gasteiger partial charge in [0.2, 0.25) is 15.9 Å². The minimum Gasteiger partial charge on any atom is -0.326 e. The maximum absolute atomic E-state index is 12.3. The van der Waals surface area contributed by atoms with Gasteiger partial charge >= 0.3 is 0 Å². The Bertz CT molecular complexity index is 743. The first-order valence-electron chi connectivity index (χ1n) is 6.68. The highest BCUT2D eigenvalue weighted by atomic mass is 32.2. The van der Waals surface area contributed by atoms with E-state index in [2.05, 4.69) is 15.0 Å². The molecule has 0 aliphatic rings. The molecule has 0 fully saturated rings. The number of amides is 1. The van der Waals surface area contributed by atoms with E-state index in [0.29, 0.717) is 5.69 Å². The number of benzene rings is 1. The van der Waals surface area contributed by atoms with Crippen LogP contribution in [0.2, 0.25) is 0 Å². The molecule has 1 amide bonds. The van der Waals surface area contributed by atoms with Crippen LogP contribution in [0.25, 0.3) is 0 Å². The van der Waals surface area contributed by atoms with Crippen molar-refractivity contribution in [2.75, 3.05) is 5.32 Å². The zero-order valence-electron chi connectivity index (χ0n) is 12.3. The molecule has 1 aromatic carbocycles. The first-order valence-corrected chi connectivity index (χ1v) is 8.17. The van der Waals surface area contributed by atoms with E-state index >= 15 is 0 Å². The number of sulfonamides is 1. The second-order valence-corrected chi connectivity index (χ2v) is 6.55. The van der Waals surface area contributed by atoms with Crippen molar-refractivity contribution in [2.45, 2.75) is 24.8 Å². The predicted molar refractivity (Wildman–Crippen MR) is 83.7 cm³/mol. The summed E-state index contributed by atoms with van der Waals surface area (Å²) in [5.41, 5.74) is 1.33. The zero-order valence-corrected chi connectivity index (χ0v) is 13.1. The Morgan fingerprint density at radius 1 is 1.18 bits per heavy atom. The van der Waals surface area contributed by atoms with Gasteiger partial charge in [0.15, 0.2) is 0 Å². The van der Waals surface area contributed by atoms with Crippen LogP contribution in [0.15, 0.2) is 53.7 Å². The van der Waals surface area contributed by atoms with Crippen LogP contribution in [0.4, 0.5) is 5.69 Å². The fourth-order valence-corrected chi connectivity index (χ4v) is 3.15. The Morgan fingerprint density at radius 2 is 1.86 bits per heavy atom.